The number of halogens is 3. The quantitative estimate of drug-likeness (QED) is 0.626. The second kappa shape index (κ2) is 7.26. The summed E-state index contributed by atoms with van der Waals surface area (Å²) in [5, 5.41) is 5.56. The molecule has 1 fully saturated rings. The third-order valence-corrected chi connectivity index (χ3v) is 6.15. The predicted molar refractivity (Wildman–Crippen MR) is 104 cm³/mol. The lowest BCUT2D eigenvalue weighted by atomic mass is 9.93. The van der Waals surface area contributed by atoms with Crippen LogP contribution in [0.5, 0.6) is 0 Å². The Morgan fingerprint density at radius 1 is 1.24 bits per heavy atom. The Labute approximate surface area is 169 Å². The molecular formula is C21H18F3N3OS. The van der Waals surface area contributed by atoms with E-state index in [4.69, 9.17) is 0 Å². The van der Waals surface area contributed by atoms with Crippen molar-refractivity contribution in [3.8, 4) is 11.3 Å². The molecule has 1 amide bonds. The molecule has 29 heavy (non-hydrogen) atoms. The van der Waals surface area contributed by atoms with E-state index in [9.17, 15) is 18.0 Å². The molecule has 1 aliphatic carbocycles. The maximum atomic E-state index is 13.0. The lowest BCUT2D eigenvalue weighted by Gasteiger charge is -2.20. The van der Waals surface area contributed by atoms with Crippen LogP contribution < -0.4 is 5.32 Å². The molecule has 1 N–H and O–H groups in total. The average molecular weight is 417 g/mol. The Morgan fingerprint density at radius 2 is 2.03 bits per heavy atom. The van der Waals surface area contributed by atoms with Gasteiger partial charge in [0.05, 0.1) is 22.7 Å². The van der Waals surface area contributed by atoms with Gasteiger partial charge in [0.15, 0.2) is 0 Å². The normalized spacial score (nSPS) is 16.3. The van der Waals surface area contributed by atoms with Gasteiger partial charge in [-0.2, -0.15) is 13.2 Å². The SMILES string of the molecule is CC(NC(=O)C1(c2cccc(C(F)(F)F)c2)CC1)c1nc(-c2cccnc2)cs1. The molecule has 4 nitrogen and oxygen atoms in total. The van der Waals surface area contributed by atoms with Gasteiger partial charge in [-0.3, -0.25) is 9.78 Å². The van der Waals surface area contributed by atoms with Gasteiger partial charge >= 0.3 is 6.18 Å². The minimum absolute atomic E-state index is 0.262. The number of hydrogen-bond acceptors (Lipinski definition) is 4. The lowest BCUT2D eigenvalue weighted by Crippen LogP contribution is -2.36. The van der Waals surface area contributed by atoms with Gasteiger partial charge in [0.25, 0.3) is 0 Å². The Balaban J connectivity index is 1.50. The van der Waals surface area contributed by atoms with Crippen molar-refractivity contribution in [1.29, 1.82) is 0 Å². The average Bonchev–Trinajstić information content (AvgIpc) is 3.38. The van der Waals surface area contributed by atoms with Gasteiger partial charge in [0, 0.05) is 23.3 Å². The molecule has 1 unspecified atom stereocenters. The molecule has 0 spiro atoms. The summed E-state index contributed by atoms with van der Waals surface area (Å²) in [6.45, 7) is 1.83. The number of hydrogen-bond donors (Lipinski definition) is 1. The molecule has 0 radical (unpaired) electrons. The van der Waals surface area contributed by atoms with Gasteiger partial charge in [-0.1, -0.05) is 18.2 Å². The number of pyridine rings is 1. The highest BCUT2D eigenvalue weighted by molar-refractivity contribution is 7.10. The Kier molecular flexibility index (Phi) is 4.90. The van der Waals surface area contributed by atoms with Gasteiger partial charge in [-0.25, -0.2) is 4.98 Å². The Bertz CT molecular complexity index is 1030. The molecule has 2 heterocycles. The van der Waals surface area contributed by atoms with E-state index in [1.165, 1.54) is 17.4 Å². The summed E-state index contributed by atoms with van der Waals surface area (Å²) < 4.78 is 39.1. The highest BCUT2D eigenvalue weighted by Crippen LogP contribution is 2.49. The molecule has 0 saturated heterocycles. The molecular weight excluding hydrogens is 399 g/mol. The maximum absolute atomic E-state index is 13.0. The highest BCUT2D eigenvalue weighted by Gasteiger charge is 2.52. The number of thiazole rings is 1. The number of nitrogens with zero attached hydrogens (tertiary/aromatic N) is 2. The predicted octanol–water partition coefficient (Wildman–Crippen LogP) is 5.13. The third-order valence-electron chi connectivity index (χ3n) is 5.12. The fourth-order valence-electron chi connectivity index (χ4n) is 3.29. The van der Waals surface area contributed by atoms with Crippen molar-refractivity contribution in [3.05, 3.63) is 70.3 Å². The van der Waals surface area contributed by atoms with Crippen LogP contribution in [0.3, 0.4) is 0 Å². The first kappa shape index (κ1) is 19.6. The number of amides is 1. The summed E-state index contributed by atoms with van der Waals surface area (Å²) in [5.74, 6) is -0.262. The van der Waals surface area contributed by atoms with E-state index in [-0.39, 0.29) is 11.9 Å². The molecule has 8 heteroatoms. The zero-order valence-electron chi connectivity index (χ0n) is 15.5. The number of benzene rings is 1. The number of carbonyl (C=O) groups excluding carboxylic acids is 1. The monoisotopic (exact) mass is 417 g/mol. The van der Waals surface area contributed by atoms with Gasteiger partial charge in [-0.15, -0.1) is 11.3 Å². The van der Waals surface area contributed by atoms with Crippen LogP contribution in [-0.4, -0.2) is 15.9 Å². The van der Waals surface area contributed by atoms with Gasteiger partial charge < -0.3 is 5.32 Å². The van der Waals surface area contributed by atoms with Gasteiger partial charge in [-0.05, 0) is 43.5 Å². The molecule has 0 aliphatic heterocycles. The van der Waals surface area contributed by atoms with Crippen LogP contribution in [0.2, 0.25) is 0 Å². The van der Waals surface area contributed by atoms with E-state index < -0.39 is 17.2 Å². The van der Waals surface area contributed by atoms with Crippen LogP contribution in [0.25, 0.3) is 11.3 Å². The first-order chi connectivity index (χ1) is 13.8. The molecule has 1 saturated carbocycles. The summed E-state index contributed by atoms with van der Waals surface area (Å²) >= 11 is 1.42. The van der Waals surface area contributed by atoms with Crippen molar-refractivity contribution >= 4 is 17.2 Å². The number of carbonyl (C=O) groups is 1. The lowest BCUT2D eigenvalue weighted by molar-refractivity contribution is -0.137. The van der Waals surface area contributed by atoms with E-state index in [0.29, 0.717) is 18.4 Å². The van der Waals surface area contributed by atoms with Crippen molar-refractivity contribution in [1.82, 2.24) is 15.3 Å². The van der Waals surface area contributed by atoms with Crippen molar-refractivity contribution < 1.29 is 18.0 Å². The second-order valence-electron chi connectivity index (χ2n) is 7.17. The van der Waals surface area contributed by atoms with E-state index in [0.717, 1.165) is 28.4 Å². The fourth-order valence-corrected chi connectivity index (χ4v) is 4.13. The summed E-state index contributed by atoms with van der Waals surface area (Å²) in [7, 11) is 0. The molecule has 3 aromatic rings. The van der Waals surface area contributed by atoms with E-state index in [1.807, 2.05) is 24.4 Å². The van der Waals surface area contributed by atoms with Crippen molar-refractivity contribution in [2.45, 2.75) is 37.4 Å². The fraction of sp³-hybridized carbons (Fsp3) is 0.286. The number of aromatic nitrogens is 2. The number of rotatable bonds is 5. The summed E-state index contributed by atoms with van der Waals surface area (Å²) in [6, 6.07) is 8.44. The number of alkyl halides is 3. The summed E-state index contributed by atoms with van der Waals surface area (Å²) in [6.07, 6.45) is 0.0359. The molecule has 1 aromatic carbocycles. The number of nitrogens with one attached hydrogen (secondary N) is 1. The van der Waals surface area contributed by atoms with Crippen LogP contribution in [0.1, 0.15) is 41.9 Å². The van der Waals surface area contributed by atoms with Crippen LogP contribution >= 0.6 is 11.3 Å². The second-order valence-corrected chi connectivity index (χ2v) is 8.06. The van der Waals surface area contributed by atoms with Crippen molar-refractivity contribution in [3.63, 3.8) is 0 Å². The van der Waals surface area contributed by atoms with E-state index >= 15 is 0 Å². The Morgan fingerprint density at radius 3 is 2.69 bits per heavy atom. The maximum Gasteiger partial charge on any atom is 0.416 e. The van der Waals surface area contributed by atoms with Gasteiger partial charge in [0.2, 0.25) is 5.91 Å². The summed E-state index contributed by atoms with van der Waals surface area (Å²) in [4.78, 5) is 21.6. The van der Waals surface area contributed by atoms with Crippen molar-refractivity contribution in [2.75, 3.05) is 0 Å². The first-order valence-electron chi connectivity index (χ1n) is 9.14. The minimum Gasteiger partial charge on any atom is -0.346 e. The zero-order chi connectivity index (χ0) is 20.6. The molecule has 0 bridgehead atoms. The van der Waals surface area contributed by atoms with Gasteiger partial charge in [0.1, 0.15) is 5.01 Å². The van der Waals surface area contributed by atoms with E-state index in [2.05, 4.69) is 15.3 Å². The highest BCUT2D eigenvalue weighted by atomic mass is 32.1. The molecule has 2 aromatic heterocycles. The van der Waals surface area contributed by atoms with Crippen LogP contribution in [0.4, 0.5) is 13.2 Å². The summed E-state index contributed by atoms with van der Waals surface area (Å²) in [5.41, 5.74) is 0.448. The van der Waals surface area contributed by atoms with E-state index in [1.54, 1.807) is 18.5 Å². The molecule has 150 valence electrons. The zero-order valence-corrected chi connectivity index (χ0v) is 16.3. The van der Waals surface area contributed by atoms with Crippen LogP contribution in [0.15, 0.2) is 54.2 Å². The largest absolute Gasteiger partial charge is 0.416 e. The molecule has 1 atom stereocenters. The molecule has 4 rings (SSSR count). The minimum atomic E-state index is -4.43. The Hall–Kier alpha value is -2.74. The topological polar surface area (TPSA) is 54.9 Å². The standard InChI is InChI=1S/C21H18F3N3OS/c1-13(18-27-17(12-29-18)14-4-3-9-25-11-14)26-19(28)20(7-8-20)15-5-2-6-16(10-15)21(22,23)24/h2-6,9-13H,7-8H2,1H3,(H,26,28). The smallest absolute Gasteiger partial charge is 0.346 e. The first-order valence-corrected chi connectivity index (χ1v) is 10.0. The van der Waals surface area contributed by atoms with Crippen molar-refractivity contribution in [2.24, 2.45) is 0 Å². The molecule has 1 aliphatic rings. The van der Waals surface area contributed by atoms with Crippen LogP contribution in [0, 0.1) is 0 Å². The third kappa shape index (κ3) is 3.89. The van der Waals surface area contributed by atoms with Crippen LogP contribution in [-0.2, 0) is 16.4 Å².